The normalized spacial score (nSPS) is 10.3. The number of nitrogens with one attached hydrogen (secondary N) is 1. The first kappa shape index (κ1) is 15.6. The standard InChI is InChI=1S/C14H17NO5/c1-19-11-7-10(8-12(9-11)20-2)3-4-13(16)15-6-5-14(17)18/h3-4,7-9H,5-6H2,1-2H3,(H,15,16)(H,17,18). The second-order valence-electron chi connectivity index (χ2n) is 3.91. The summed E-state index contributed by atoms with van der Waals surface area (Å²) in [4.78, 5) is 21.8. The summed E-state index contributed by atoms with van der Waals surface area (Å²) in [6.45, 7) is 0.0972. The molecule has 0 aromatic heterocycles. The number of benzene rings is 1. The lowest BCUT2D eigenvalue weighted by Crippen LogP contribution is -2.23. The van der Waals surface area contributed by atoms with Crippen molar-refractivity contribution in [1.82, 2.24) is 5.32 Å². The highest BCUT2D eigenvalue weighted by molar-refractivity contribution is 5.92. The van der Waals surface area contributed by atoms with Crippen LogP contribution in [0.3, 0.4) is 0 Å². The Hall–Kier alpha value is -2.50. The van der Waals surface area contributed by atoms with E-state index in [1.165, 1.54) is 6.08 Å². The van der Waals surface area contributed by atoms with E-state index in [-0.39, 0.29) is 18.9 Å². The smallest absolute Gasteiger partial charge is 0.305 e. The number of ether oxygens (including phenoxy) is 2. The van der Waals surface area contributed by atoms with Gasteiger partial charge in [-0.15, -0.1) is 0 Å². The van der Waals surface area contributed by atoms with Crippen LogP contribution in [0.2, 0.25) is 0 Å². The molecule has 0 saturated heterocycles. The Morgan fingerprint density at radius 2 is 1.80 bits per heavy atom. The second kappa shape index (κ2) is 7.83. The van der Waals surface area contributed by atoms with Gasteiger partial charge in [-0.2, -0.15) is 0 Å². The fraction of sp³-hybridized carbons (Fsp3) is 0.286. The Morgan fingerprint density at radius 1 is 1.20 bits per heavy atom. The van der Waals surface area contributed by atoms with E-state index in [0.29, 0.717) is 11.5 Å². The van der Waals surface area contributed by atoms with Gasteiger partial charge in [0.05, 0.1) is 20.6 Å². The number of aliphatic carboxylic acids is 1. The molecule has 1 aromatic carbocycles. The van der Waals surface area contributed by atoms with Crippen molar-refractivity contribution in [3.8, 4) is 11.5 Å². The molecule has 0 heterocycles. The van der Waals surface area contributed by atoms with Crippen molar-refractivity contribution in [1.29, 1.82) is 0 Å². The maximum absolute atomic E-state index is 11.5. The highest BCUT2D eigenvalue weighted by Gasteiger charge is 2.01. The van der Waals surface area contributed by atoms with Crippen LogP contribution in [0.4, 0.5) is 0 Å². The summed E-state index contributed by atoms with van der Waals surface area (Å²) in [5.41, 5.74) is 0.745. The Labute approximate surface area is 117 Å². The number of rotatable bonds is 7. The molecule has 0 aliphatic carbocycles. The largest absolute Gasteiger partial charge is 0.497 e. The molecule has 1 rings (SSSR count). The van der Waals surface area contributed by atoms with Crippen molar-refractivity contribution in [3.05, 3.63) is 29.8 Å². The van der Waals surface area contributed by atoms with Gasteiger partial charge in [0.2, 0.25) is 5.91 Å². The lowest BCUT2D eigenvalue weighted by atomic mass is 10.2. The third-order valence-electron chi connectivity index (χ3n) is 2.44. The van der Waals surface area contributed by atoms with Crippen LogP contribution >= 0.6 is 0 Å². The first-order valence-corrected chi connectivity index (χ1v) is 5.96. The molecular formula is C14H17NO5. The summed E-state index contributed by atoms with van der Waals surface area (Å²) in [5, 5.41) is 10.9. The van der Waals surface area contributed by atoms with Crippen LogP contribution in [0.15, 0.2) is 24.3 Å². The first-order chi connectivity index (χ1) is 9.55. The third-order valence-corrected chi connectivity index (χ3v) is 2.44. The molecule has 0 atom stereocenters. The zero-order valence-electron chi connectivity index (χ0n) is 11.4. The third kappa shape index (κ3) is 5.43. The van der Waals surface area contributed by atoms with Crippen LogP contribution in [0.1, 0.15) is 12.0 Å². The number of methoxy groups -OCH3 is 2. The zero-order valence-corrected chi connectivity index (χ0v) is 11.4. The molecule has 0 aliphatic rings. The highest BCUT2D eigenvalue weighted by Crippen LogP contribution is 2.23. The van der Waals surface area contributed by atoms with Crippen molar-refractivity contribution in [2.75, 3.05) is 20.8 Å². The number of carbonyl (C=O) groups is 2. The lowest BCUT2D eigenvalue weighted by molar-refractivity contribution is -0.136. The fourth-order valence-corrected chi connectivity index (χ4v) is 1.45. The molecule has 0 fully saturated rings. The van der Waals surface area contributed by atoms with Crippen LogP contribution in [-0.4, -0.2) is 37.7 Å². The Kier molecular flexibility index (Phi) is 6.09. The lowest BCUT2D eigenvalue weighted by Gasteiger charge is -2.05. The molecule has 0 unspecified atom stereocenters. The van der Waals surface area contributed by atoms with E-state index in [9.17, 15) is 9.59 Å². The predicted molar refractivity (Wildman–Crippen MR) is 73.8 cm³/mol. The molecule has 1 amide bonds. The van der Waals surface area contributed by atoms with Gasteiger partial charge >= 0.3 is 5.97 Å². The average molecular weight is 279 g/mol. The van der Waals surface area contributed by atoms with E-state index in [0.717, 1.165) is 5.56 Å². The van der Waals surface area contributed by atoms with Crippen molar-refractivity contribution < 1.29 is 24.2 Å². The Balaban J connectivity index is 2.64. The fourth-order valence-electron chi connectivity index (χ4n) is 1.45. The van der Waals surface area contributed by atoms with Gasteiger partial charge in [-0.3, -0.25) is 9.59 Å². The molecule has 0 bridgehead atoms. The van der Waals surface area contributed by atoms with Crippen molar-refractivity contribution in [2.45, 2.75) is 6.42 Å². The Bertz CT molecular complexity index is 488. The van der Waals surface area contributed by atoms with Gasteiger partial charge in [0.15, 0.2) is 0 Å². The molecule has 6 heteroatoms. The van der Waals surface area contributed by atoms with Crippen LogP contribution < -0.4 is 14.8 Å². The van der Waals surface area contributed by atoms with Gasteiger partial charge in [-0.25, -0.2) is 0 Å². The number of hydrogen-bond donors (Lipinski definition) is 2. The maximum atomic E-state index is 11.5. The molecular weight excluding hydrogens is 262 g/mol. The quantitative estimate of drug-likeness (QED) is 0.735. The van der Waals surface area contributed by atoms with Crippen LogP contribution in [-0.2, 0) is 9.59 Å². The molecule has 0 spiro atoms. The van der Waals surface area contributed by atoms with Gasteiger partial charge in [0.25, 0.3) is 0 Å². The zero-order chi connectivity index (χ0) is 15.0. The van der Waals surface area contributed by atoms with Crippen molar-refractivity contribution in [2.24, 2.45) is 0 Å². The van der Waals surface area contributed by atoms with E-state index >= 15 is 0 Å². The van der Waals surface area contributed by atoms with E-state index in [1.807, 2.05) is 0 Å². The van der Waals surface area contributed by atoms with Crippen molar-refractivity contribution >= 4 is 18.0 Å². The summed E-state index contributed by atoms with van der Waals surface area (Å²) in [6.07, 6.45) is 2.82. The van der Waals surface area contributed by atoms with Crippen LogP contribution in [0, 0.1) is 0 Å². The van der Waals surface area contributed by atoms with Crippen LogP contribution in [0.25, 0.3) is 6.08 Å². The molecule has 0 saturated carbocycles. The van der Waals surface area contributed by atoms with E-state index < -0.39 is 5.97 Å². The number of carboxylic acid groups (broad SMARTS) is 1. The monoisotopic (exact) mass is 279 g/mol. The molecule has 0 aliphatic heterocycles. The van der Waals surface area contributed by atoms with Gasteiger partial charge in [0.1, 0.15) is 11.5 Å². The van der Waals surface area contributed by atoms with Crippen molar-refractivity contribution in [3.63, 3.8) is 0 Å². The van der Waals surface area contributed by atoms with E-state index in [2.05, 4.69) is 5.32 Å². The predicted octanol–water partition coefficient (Wildman–Crippen LogP) is 1.31. The van der Waals surface area contributed by atoms with E-state index in [4.69, 9.17) is 14.6 Å². The minimum absolute atomic E-state index is 0.0972. The summed E-state index contributed by atoms with van der Waals surface area (Å²) in [5.74, 6) is -0.0644. The van der Waals surface area contributed by atoms with Gasteiger partial charge < -0.3 is 19.9 Å². The molecule has 0 radical (unpaired) electrons. The minimum Gasteiger partial charge on any atom is -0.497 e. The number of amides is 1. The highest BCUT2D eigenvalue weighted by atomic mass is 16.5. The van der Waals surface area contributed by atoms with Crippen LogP contribution in [0.5, 0.6) is 11.5 Å². The Morgan fingerprint density at radius 3 is 2.30 bits per heavy atom. The number of carboxylic acids is 1. The summed E-state index contributed by atoms with van der Waals surface area (Å²) in [7, 11) is 3.09. The minimum atomic E-state index is -0.952. The van der Waals surface area contributed by atoms with E-state index in [1.54, 1.807) is 38.5 Å². The second-order valence-corrected chi connectivity index (χ2v) is 3.91. The summed E-state index contributed by atoms with van der Waals surface area (Å²) in [6, 6.07) is 5.23. The maximum Gasteiger partial charge on any atom is 0.305 e. The molecule has 2 N–H and O–H groups in total. The van der Waals surface area contributed by atoms with Gasteiger partial charge in [-0.1, -0.05) is 0 Å². The summed E-state index contributed by atoms with van der Waals surface area (Å²) < 4.78 is 10.2. The molecule has 1 aromatic rings. The summed E-state index contributed by atoms with van der Waals surface area (Å²) >= 11 is 0. The number of hydrogen-bond acceptors (Lipinski definition) is 4. The molecule has 20 heavy (non-hydrogen) atoms. The molecule has 108 valence electrons. The molecule has 6 nitrogen and oxygen atoms in total. The topological polar surface area (TPSA) is 84.9 Å². The van der Waals surface area contributed by atoms with Gasteiger partial charge in [-0.05, 0) is 23.8 Å². The average Bonchev–Trinajstić information content (AvgIpc) is 2.44. The van der Waals surface area contributed by atoms with Gasteiger partial charge in [0, 0.05) is 18.7 Å². The SMILES string of the molecule is COc1cc(C=CC(=O)NCCC(=O)O)cc(OC)c1. The first-order valence-electron chi connectivity index (χ1n) is 5.96. The number of carbonyl (C=O) groups excluding carboxylic acids is 1.